The van der Waals surface area contributed by atoms with Gasteiger partial charge in [-0.15, -0.1) is 0 Å². The maximum atomic E-state index is 12.0. The Hall–Kier alpha value is -1.00. The second-order valence-electron chi connectivity index (χ2n) is 5.00. The lowest BCUT2D eigenvalue weighted by Crippen LogP contribution is -2.16. The zero-order valence-electron chi connectivity index (χ0n) is 10.8. The van der Waals surface area contributed by atoms with Crippen LogP contribution in [0.15, 0.2) is 17.0 Å². The van der Waals surface area contributed by atoms with Gasteiger partial charge >= 0.3 is 0 Å². The van der Waals surface area contributed by atoms with Crippen LogP contribution < -0.4 is 5.32 Å². The van der Waals surface area contributed by atoms with Crippen LogP contribution in [0.4, 0.5) is 5.69 Å². The Balaban J connectivity index is 3.11. The van der Waals surface area contributed by atoms with E-state index in [0.29, 0.717) is 22.0 Å². The molecule has 1 N–H and O–H groups in total. The number of thioether (sulfide) groups is 1. The molecule has 3 nitrogen and oxygen atoms in total. The molecule has 0 aromatic heterocycles. The van der Waals surface area contributed by atoms with E-state index in [4.69, 9.17) is 11.6 Å². The van der Waals surface area contributed by atoms with Gasteiger partial charge in [-0.25, -0.2) is 0 Å². The monoisotopic (exact) mass is 285 g/mol. The molecule has 0 fully saturated rings. The SMILES string of the molecule is Cc1cc(NC=O)c(SC(=O)C(C)(C)C)cc1Cl. The van der Waals surface area contributed by atoms with Crippen molar-refractivity contribution in [1.29, 1.82) is 0 Å². The zero-order chi connectivity index (χ0) is 13.9. The minimum Gasteiger partial charge on any atom is -0.328 e. The molecule has 18 heavy (non-hydrogen) atoms. The summed E-state index contributed by atoms with van der Waals surface area (Å²) in [6.07, 6.45) is 0.592. The van der Waals surface area contributed by atoms with Crippen molar-refractivity contribution in [3.8, 4) is 0 Å². The molecule has 0 radical (unpaired) electrons. The van der Waals surface area contributed by atoms with Gasteiger partial charge in [0.2, 0.25) is 6.41 Å². The van der Waals surface area contributed by atoms with E-state index in [1.165, 1.54) is 0 Å². The van der Waals surface area contributed by atoms with Crippen LogP contribution in [0, 0.1) is 12.3 Å². The highest BCUT2D eigenvalue weighted by molar-refractivity contribution is 8.13. The number of carbonyl (C=O) groups excluding carboxylic acids is 2. The molecule has 98 valence electrons. The van der Waals surface area contributed by atoms with Gasteiger partial charge in [-0.3, -0.25) is 9.59 Å². The average molecular weight is 286 g/mol. The van der Waals surface area contributed by atoms with Gasteiger partial charge in [0.05, 0.1) is 5.69 Å². The second-order valence-corrected chi connectivity index (χ2v) is 6.42. The fraction of sp³-hybridized carbons (Fsp3) is 0.385. The molecule has 0 saturated carbocycles. The average Bonchev–Trinajstić information content (AvgIpc) is 2.24. The van der Waals surface area contributed by atoms with Crippen LogP contribution in [0.5, 0.6) is 0 Å². The normalized spacial score (nSPS) is 11.2. The first-order valence-electron chi connectivity index (χ1n) is 5.48. The summed E-state index contributed by atoms with van der Waals surface area (Å²) in [7, 11) is 0. The number of benzene rings is 1. The first-order chi connectivity index (χ1) is 8.25. The molecular weight excluding hydrogens is 270 g/mol. The third-order valence-electron chi connectivity index (χ3n) is 2.29. The van der Waals surface area contributed by atoms with Gasteiger partial charge in [0.25, 0.3) is 0 Å². The number of amides is 1. The van der Waals surface area contributed by atoms with Crippen molar-refractivity contribution < 1.29 is 9.59 Å². The molecule has 1 aromatic carbocycles. The molecule has 0 aliphatic rings. The molecular formula is C13H16ClNO2S. The lowest BCUT2D eigenvalue weighted by molar-refractivity contribution is -0.117. The summed E-state index contributed by atoms with van der Waals surface area (Å²) in [5.41, 5.74) is 1.02. The fourth-order valence-corrected chi connectivity index (χ4v) is 2.32. The summed E-state index contributed by atoms with van der Waals surface area (Å²) in [6, 6.07) is 3.46. The van der Waals surface area contributed by atoms with Gasteiger partial charge in [0, 0.05) is 15.3 Å². The van der Waals surface area contributed by atoms with E-state index in [9.17, 15) is 9.59 Å². The van der Waals surface area contributed by atoms with E-state index in [-0.39, 0.29) is 5.12 Å². The van der Waals surface area contributed by atoms with Crippen molar-refractivity contribution >= 4 is 40.6 Å². The molecule has 1 rings (SSSR count). The van der Waals surface area contributed by atoms with E-state index in [0.717, 1.165) is 17.3 Å². The maximum absolute atomic E-state index is 12.0. The van der Waals surface area contributed by atoms with Crippen molar-refractivity contribution in [1.82, 2.24) is 0 Å². The number of rotatable bonds is 3. The standard InChI is InChI=1S/C13H16ClNO2S/c1-8-5-10(15-7-16)11(6-9(8)14)18-12(17)13(2,3)4/h5-7H,1-4H3,(H,15,16). The number of aryl methyl sites for hydroxylation is 1. The van der Waals surface area contributed by atoms with Crippen molar-refractivity contribution in [2.45, 2.75) is 32.6 Å². The predicted octanol–water partition coefficient (Wildman–Crippen LogP) is 3.88. The quantitative estimate of drug-likeness (QED) is 0.677. The van der Waals surface area contributed by atoms with Gasteiger partial charge < -0.3 is 5.32 Å². The van der Waals surface area contributed by atoms with Crippen molar-refractivity contribution in [2.75, 3.05) is 5.32 Å². The molecule has 0 spiro atoms. The van der Waals surface area contributed by atoms with Gasteiger partial charge in [-0.1, -0.05) is 32.4 Å². The van der Waals surface area contributed by atoms with Gasteiger partial charge in [-0.05, 0) is 36.4 Å². The molecule has 1 amide bonds. The predicted molar refractivity (Wildman–Crippen MR) is 76.2 cm³/mol. The summed E-state index contributed by atoms with van der Waals surface area (Å²) in [6.45, 7) is 7.40. The lowest BCUT2D eigenvalue weighted by atomic mass is 10.00. The molecule has 0 heterocycles. The van der Waals surface area contributed by atoms with Crippen molar-refractivity contribution in [3.63, 3.8) is 0 Å². The van der Waals surface area contributed by atoms with Crippen LogP contribution in [-0.4, -0.2) is 11.5 Å². The first kappa shape index (κ1) is 15.1. The highest BCUT2D eigenvalue weighted by atomic mass is 35.5. The minimum atomic E-state index is -0.444. The summed E-state index contributed by atoms with van der Waals surface area (Å²) in [5.74, 6) is 0. The number of anilines is 1. The van der Waals surface area contributed by atoms with Gasteiger partial charge in [-0.2, -0.15) is 0 Å². The van der Waals surface area contributed by atoms with Crippen LogP contribution in [0.25, 0.3) is 0 Å². The van der Waals surface area contributed by atoms with Crippen LogP contribution in [0.2, 0.25) is 5.02 Å². The Morgan fingerprint density at radius 2 is 2.00 bits per heavy atom. The van der Waals surface area contributed by atoms with Crippen molar-refractivity contribution in [2.24, 2.45) is 5.41 Å². The Labute approximate surface area is 116 Å². The van der Waals surface area contributed by atoms with E-state index in [2.05, 4.69) is 5.32 Å². The third-order valence-corrected chi connectivity index (χ3v) is 4.05. The number of hydrogen-bond donors (Lipinski definition) is 1. The second kappa shape index (κ2) is 5.76. The number of carbonyl (C=O) groups is 2. The Morgan fingerprint density at radius 1 is 1.39 bits per heavy atom. The third kappa shape index (κ3) is 3.75. The van der Waals surface area contributed by atoms with Crippen molar-refractivity contribution in [3.05, 3.63) is 22.7 Å². The smallest absolute Gasteiger partial charge is 0.211 e. The van der Waals surface area contributed by atoms with Gasteiger partial charge in [0.15, 0.2) is 5.12 Å². The number of nitrogens with one attached hydrogen (secondary N) is 1. The number of hydrogen-bond acceptors (Lipinski definition) is 3. The van der Waals surface area contributed by atoms with Gasteiger partial charge in [0.1, 0.15) is 0 Å². The Bertz CT molecular complexity index is 481. The zero-order valence-corrected chi connectivity index (χ0v) is 12.4. The summed E-state index contributed by atoms with van der Waals surface area (Å²) in [4.78, 5) is 23.2. The molecule has 0 atom stereocenters. The molecule has 0 aliphatic heterocycles. The Morgan fingerprint density at radius 3 is 2.50 bits per heavy atom. The minimum absolute atomic E-state index is 0.0244. The summed E-state index contributed by atoms with van der Waals surface area (Å²) in [5, 5.41) is 3.19. The van der Waals surface area contributed by atoms with Crippen LogP contribution >= 0.6 is 23.4 Å². The highest BCUT2D eigenvalue weighted by Gasteiger charge is 2.23. The van der Waals surface area contributed by atoms with E-state index >= 15 is 0 Å². The van der Waals surface area contributed by atoms with E-state index < -0.39 is 5.41 Å². The van der Waals surface area contributed by atoms with Crippen LogP contribution in [0.1, 0.15) is 26.3 Å². The largest absolute Gasteiger partial charge is 0.328 e. The Kier molecular flexibility index (Phi) is 4.82. The molecule has 0 bridgehead atoms. The highest BCUT2D eigenvalue weighted by Crippen LogP contribution is 2.36. The molecule has 0 unspecified atom stereocenters. The van der Waals surface area contributed by atoms with E-state index in [1.54, 1.807) is 12.1 Å². The van der Waals surface area contributed by atoms with E-state index in [1.807, 2.05) is 27.7 Å². The molecule has 0 aliphatic carbocycles. The number of halogens is 1. The summed E-state index contributed by atoms with van der Waals surface area (Å²) < 4.78 is 0. The lowest BCUT2D eigenvalue weighted by Gasteiger charge is -2.17. The molecule has 1 aromatic rings. The molecule has 0 saturated heterocycles. The van der Waals surface area contributed by atoms with Crippen LogP contribution in [-0.2, 0) is 9.59 Å². The maximum Gasteiger partial charge on any atom is 0.211 e. The topological polar surface area (TPSA) is 46.2 Å². The van der Waals surface area contributed by atoms with Crippen LogP contribution in [0.3, 0.4) is 0 Å². The summed E-state index contributed by atoms with van der Waals surface area (Å²) >= 11 is 7.14. The molecule has 5 heteroatoms. The fourth-order valence-electron chi connectivity index (χ4n) is 1.18. The first-order valence-corrected chi connectivity index (χ1v) is 6.67.